The molecule has 108 valence electrons. The minimum Gasteiger partial charge on any atom is -0.356 e. The van der Waals surface area contributed by atoms with Gasteiger partial charge in [0.2, 0.25) is 0 Å². The van der Waals surface area contributed by atoms with E-state index < -0.39 is 0 Å². The van der Waals surface area contributed by atoms with Crippen molar-refractivity contribution in [3.63, 3.8) is 0 Å². The van der Waals surface area contributed by atoms with Crippen LogP contribution in [0.2, 0.25) is 0 Å². The van der Waals surface area contributed by atoms with Crippen LogP contribution < -0.4 is 15.5 Å². The van der Waals surface area contributed by atoms with E-state index in [4.69, 9.17) is 0 Å². The van der Waals surface area contributed by atoms with E-state index in [1.54, 1.807) is 6.20 Å². The van der Waals surface area contributed by atoms with E-state index in [2.05, 4.69) is 20.5 Å². The van der Waals surface area contributed by atoms with Crippen molar-refractivity contribution in [2.75, 3.05) is 31.1 Å². The normalized spacial score (nSPS) is 22.2. The molecule has 2 fully saturated rings. The highest BCUT2D eigenvalue weighted by molar-refractivity contribution is 5.98. The van der Waals surface area contributed by atoms with Crippen molar-refractivity contribution in [2.24, 2.45) is 0 Å². The van der Waals surface area contributed by atoms with Crippen molar-refractivity contribution >= 4 is 11.7 Å². The van der Waals surface area contributed by atoms with Gasteiger partial charge in [0.05, 0.1) is 5.56 Å². The summed E-state index contributed by atoms with van der Waals surface area (Å²) in [5, 5.41) is 6.43. The second-order valence-corrected chi connectivity index (χ2v) is 5.57. The van der Waals surface area contributed by atoms with E-state index in [1.807, 2.05) is 12.1 Å². The largest absolute Gasteiger partial charge is 0.356 e. The van der Waals surface area contributed by atoms with Crippen LogP contribution in [0.4, 0.5) is 5.82 Å². The predicted molar refractivity (Wildman–Crippen MR) is 79.0 cm³/mol. The Morgan fingerprint density at radius 1 is 1.40 bits per heavy atom. The van der Waals surface area contributed by atoms with Gasteiger partial charge < -0.3 is 15.5 Å². The SMILES string of the molecule is O=C(NCC1CCCN1)c1cccnc1N1CCCC1. The molecule has 20 heavy (non-hydrogen) atoms. The Bertz CT molecular complexity index is 465. The monoisotopic (exact) mass is 274 g/mol. The van der Waals surface area contributed by atoms with Crippen molar-refractivity contribution in [2.45, 2.75) is 31.7 Å². The van der Waals surface area contributed by atoms with E-state index in [0.29, 0.717) is 18.2 Å². The summed E-state index contributed by atoms with van der Waals surface area (Å²) in [7, 11) is 0. The maximum atomic E-state index is 12.4. The number of carbonyl (C=O) groups excluding carboxylic acids is 1. The van der Waals surface area contributed by atoms with Gasteiger partial charge >= 0.3 is 0 Å². The number of amides is 1. The van der Waals surface area contributed by atoms with E-state index >= 15 is 0 Å². The summed E-state index contributed by atoms with van der Waals surface area (Å²) in [6, 6.07) is 4.13. The molecular weight excluding hydrogens is 252 g/mol. The second kappa shape index (κ2) is 6.22. The van der Waals surface area contributed by atoms with E-state index in [-0.39, 0.29) is 5.91 Å². The molecule has 0 bridgehead atoms. The maximum Gasteiger partial charge on any atom is 0.255 e. The number of nitrogens with zero attached hydrogens (tertiary/aromatic N) is 2. The molecule has 1 aromatic heterocycles. The highest BCUT2D eigenvalue weighted by Gasteiger charge is 2.21. The highest BCUT2D eigenvalue weighted by atomic mass is 16.1. The number of carbonyl (C=O) groups is 1. The highest BCUT2D eigenvalue weighted by Crippen LogP contribution is 2.21. The number of pyridine rings is 1. The molecule has 0 spiro atoms. The number of nitrogens with one attached hydrogen (secondary N) is 2. The first kappa shape index (κ1) is 13.4. The van der Waals surface area contributed by atoms with Gasteiger partial charge in [-0.3, -0.25) is 4.79 Å². The Kier molecular flexibility index (Phi) is 4.16. The molecule has 2 aliphatic heterocycles. The fourth-order valence-electron chi connectivity index (χ4n) is 3.00. The average molecular weight is 274 g/mol. The number of rotatable bonds is 4. The quantitative estimate of drug-likeness (QED) is 0.865. The summed E-state index contributed by atoms with van der Waals surface area (Å²) in [5.41, 5.74) is 0.701. The molecule has 2 N–H and O–H groups in total. The summed E-state index contributed by atoms with van der Waals surface area (Å²) in [4.78, 5) is 19.0. The minimum atomic E-state index is -0.00583. The van der Waals surface area contributed by atoms with Crippen LogP contribution >= 0.6 is 0 Å². The third-order valence-corrected chi connectivity index (χ3v) is 4.11. The van der Waals surface area contributed by atoms with Crippen molar-refractivity contribution in [1.82, 2.24) is 15.6 Å². The Morgan fingerprint density at radius 2 is 2.25 bits per heavy atom. The molecule has 2 aliphatic rings. The van der Waals surface area contributed by atoms with Crippen molar-refractivity contribution < 1.29 is 4.79 Å². The Labute approximate surface area is 119 Å². The van der Waals surface area contributed by atoms with Crippen LogP contribution in [-0.4, -0.2) is 43.1 Å². The predicted octanol–water partition coefficient (Wildman–Crippen LogP) is 1.16. The second-order valence-electron chi connectivity index (χ2n) is 5.57. The van der Waals surface area contributed by atoms with Gasteiger partial charge in [0.25, 0.3) is 5.91 Å². The average Bonchev–Trinajstić information content (AvgIpc) is 3.18. The van der Waals surface area contributed by atoms with Gasteiger partial charge in [-0.1, -0.05) is 0 Å². The van der Waals surface area contributed by atoms with Gasteiger partial charge in [-0.15, -0.1) is 0 Å². The molecular formula is C15H22N4O. The lowest BCUT2D eigenvalue weighted by Gasteiger charge is -2.20. The number of anilines is 1. The number of hydrogen-bond acceptors (Lipinski definition) is 4. The zero-order valence-electron chi connectivity index (χ0n) is 11.8. The summed E-state index contributed by atoms with van der Waals surface area (Å²) >= 11 is 0. The lowest BCUT2D eigenvalue weighted by atomic mass is 10.2. The number of hydrogen-bond donors (Lipinski definition) is 2. The van der Waals surface area contributed by atoms with Crippen LogP contribution in [-0.2, 0) is 0 Å². The fourth-order valence-corrected chi connectivity index (χ4v) is 3.00. The maximum absolute atomic E-state index is 12.4. The molecule has 2 saturated heterocycles. The lowest BCUT2D eigenvalue weighted by molar-refractivity contribution is 0.0950. The molecule has 5 nitrogen and oxygen atoms in total. The van der Waals surface area contributed by atoms with Crippen molar-refractivity contribution in [3.05, 3.63) is 23.9 Å². The van der Waals surface area contributed by atoms with Gasteiger partial charge in [0.1, 0.15) is 5.82 Å². The zero-order valence-corrected chi connectivity index (χ0v) is 11.8. The first-order chi connectivity index (χ1) is 9.84. The third kappa shape index (κ3) is 2.93. The molecule has 3 rings (SSSR count). The molecule has 3 heterocycles. The lowest BCUT2D eigenvalue weighted by Crippen LogP contribution is -2.37. The van der Waals surface area contributed by atoms with Gasteiger partial charge in [-0.2, -0.15) is 0 Å². The van der Waals surface area contributed by atoms with Gasteiger partial charge in [-0.05, 0) is 44.4 Å². The van der Waals surface area contributed by atoms with Crippen LogP contribution in [0.25, 0.3) is 0 Å². The Balaban J connectivity index is 1.67. The fraction of sp³-hybridized carbons (Fsp3) is 0.600. The van der Waals surface area contributed by atoms with Gasteiger partial charge in [0, 0.05) is 31.9 Å². The molecule has 0 aliphatic carbocycles. The molecule has 0 radical (unpaired) electrons. The van der Waals surface area contributed by atoms with Crippen LogP contribution in [0, 0.1) is 0 Å². The first-order valence-corrected chi connectivity index (χ1v) is 7.56. The summed E-state index contributed by atoms with van der Waals surface area (Å²) < 4.78 is 0. The van der Waals surface area contributed by atoms with E-state index in [9.17, 15) is 4.79 Å². The van der Waals surface area contributed by atoms with Crippen molar-refractivity contribution in [3.8, 4) is 0 Å². The van der Waals surface area contributed by atoms with Crippen LogP contribution in [0.1, 0.15) is 36.0 Å². The van der Waals surface area contributed by atoms with E-state index in [1.165, 1.54) is 19.3 Å². The molecule has 1 amide bonds. The zero-order chi connectivity index (χ0) is 13.8. The Morgan fingerprint density at radius 3 is 3.00 bits per heavy atom. The molecule has 1 atom stereocenters. The first-order valence-electron chi connectivity index (χ1n) is 7.56. The molecule has 1 aromatic rings. The minimum absolute atomic E-state index is 0.00583. The standard InChI is InChI=1S/C15H22N4O/c20-15(18-11-12-5-3-7-16-12)13-6-4-8-17-14(13)19-9-1-2-10-19/h4,6,8,12,16H,1-3,5,7,9-11H2,(H,18,20). The van der Waals surface area contributed by atoms with Crippen molar-refractivity contribution in [1.29, 1.82) is 0 Å². The summed E-state index contributed by atoms with van der Waals surface area (Å²) in [6.45, 7) is 3.77. The van der Waals surface area contributed by atoms with Crippen LogP contribution in [0.5, 0.6) is 0 Å². The summed E-state index contributed by atoms with van der Waals surface area (Å²) in [6.07, 6.45) is 6.48. The Hall–Kier alpha value is -1.62. The molecule has 1 unspecified atom stereocenters. The molecule has 5 heteroatoms. The smallest absolute Gasteiger partial charge is 0.255 e. The van der Waals surface area contributed by atoms with Crippen LogP contribution in [0.3, 0.4) is 0 Å². The topological polar surface area (TPSA) is 57.3 Å². The molecule has 0 saturated carbocycles. The van der Waals surface area contributed by atoms with Gasteiger partial charge in [0.15, 0.2) is 0 Å². The van der Waals surface area contributed by atoms with Crippen LogP contribution in [0.15, 0.2) is 18.3 Å². The molecule has 0 aromatic carbocycles. The number of aromatic nitrogens is 1. The van der Waals surface area contributed by atoms with Gasteiger partial charge in [-0.25, -0.2) is 4.98 Å². The third-order valence-electron chi connectivity index (χ3n) is 4.11. The van der Waals surface area contributed by atoms with E-state index in [0.717, 1.165) is 31.9 Å². The summed E-state index contributed by atoms with van der Waals surface area (Å²) in [5.74, 6) is 0.829.